The number of carbonyl (C=O) groups is 2. The van der Waals surface area contributed by atoms with Gasteiger partial charge in [-0.3, -0.25) is 10.1 Å². The topological polar surface area (TPSA) is 113 Å². The molecule has 0 saturated carbocycles. The third-order valence-electron chi connectivity index (χ3n) is 6.62. The Morgan fingerprint density at radius 3 is 2.49 bits per heavy atom. The number of benzene rings is 1. The molecule has 3 amide bonds. The number of primary amides is 1. The fraction of sp³-hybridized carbons (Fsp3) is 0.414. The van der Waals surface area contributed by atoms with Gasteiger partial charge < -0.3 is 25.6 Å². The second kappa shape index (κ2) is 12.6. The molecule has 0 bridgehead atoms. The number of nitrogens with two attached hydrogens (primary N) is 1. The molecule has 3 heterocycles. The van der Waals surface area contributed by atoms with Crippen molar-refractivity contribution in [2.45, 2.75) is 32.6 Å². The minimum absolute atomic E-state index is 0.168. The first-order valence-electron chi connectivity index (χ1n) is 13.2. The molecule has 4 rings (SSSR count). The van der Waals surface area contributed by atoms with E-state index in [2.05, 4.69) is 32.5 Å². The zero-order chi connectivity index (χ0) is 28.0. The molecule has 10 heteroatoms. The Morgan fingerprint density at radius 1 is 1.05 bits per heavy atom. The Hall–Kier alpha value is -3.47. The Morgan fingerprint density at radius 2 is 1.82 bits per heavy atom. The maximum absolute atomic E-state index is 12.7. The fourth-order valence-corrected chi connectivity index (χ4v) is 5.37. The molecule has 1 aromatic carbocycles. The van der Waals surface area contributed by atoms with Crippen LogP contribution in [0.15, 0.2) is 48.7 Å². The lowest BCUT2D eigenvalue weighted by Crippen LogP contribution is -2.44. The summed E-state index contributed by atoms with van der Waals surface area (Å²) in [5, 5.41) is 6.06. The van der Waals surface area contributed by atoms with E-state index >= 15 is 0 Å². The largest absolute Gasteiger partial charge is 0.478 e. The van der Waals surface area contributed by atoms with Crippen LogP contribution in [-0.2, 0) is 5.41 Å². The molecule has 0 spiro atoms. The lowest BCUT2D eigenvalue weighted by Gasteiger charge is -2.32. The van der Waals surface area contributed by atoms with Crippen LogP contribution in [0.3, 0.4) is 0 Å². The van der Waals surface area contributed by atoms with E-state index < -0.39 is 11.9 Å². The highest BCUT2D eigenvalue weighted by Crippen LogP contribution is 2.36. The Balaban J connectivity index is 1.31. The smallest absolute Gasteiger partial charge is 0.324 e. The van der Waals surface area contributed by atoms with Gasteiger partial charge in [0.2, 0.25) is 5.88 Å². The summed E-state index contributed by atoms with van der Waals surface area (Å²) in [7, 11) is 2.16. The van der Waals surface area contributed by atoms with E-state index in [9.17, 15) is 9.59 Å². The molecule has 3 aromatic rings. The first-order chi connectivity index (χ1) is 18.6. The zero-order valence-electron chi connectivity index (χ0n) is 23.1. The maximum atomic E-state index is 12.7. The number of nitrogens with one attached hydrogen (secondary N) is 2. The number of anilines is 2. The molecular weight excluding hydrogens is 512 g/mol. The molecule has 1 aliphatic rings. The SMILES string of the molecule is CN1CCN(CCCOc2ccc(-c3cccc(NC(=O)Nc4sc(C(C)(C)C)cc4C(N)=O)c3)cn2)CC1. The van der Waals surface area contributed by atoms with Crippen molar-refractivity contribution in [2.75, 3.05) is 57.0 Å². The number of pyridine rings is 1. The predicted octanol–water partition coefficient (Wildman–Crippen LogP) is 4.87. The highest BCUT2D eigenvalue weighted by Gasteiger charge is 2.23. The minimum atomic E-state index is -0.575. The Bertz CT molecular complexity index is 1280. The van der Waals surface area contributed by atoms with Crippen molar-refractivity contribution in [2.24, 2.45) is 5.73 Å². The Labute approximate surface area is 234 Å². The second-order valence-corrected chi connectivity index (χ2v) is 11.9. The molecule has 0 aliphatic carbocycles. The third kappa shape index (κ3) is 8.01. The minimum Gasteiger partial charge on any atom is -0.478 e. The average Bonchev–Trinajstić information content (AvgIpc) is 3.33. The molecule has 208 valence electrons. The van der Waals surface area contributed by atoms with Crippen LogP contribution < -0.4 is 21.1 Å². The second-order valence-electron chi connectivity index (χ2n) is 10.9. The highest BCUT2D eigenvalue weighted by atomic mass is 32.1. The molecule has 1 fully saturated rings. The van der Waals surface area contributed by atoms with Crippen LogP contribution in [0, 0.1) is 0 Å². The molecular formula is C29H38N6O3S. The van der Waals surface area contributed by atoms with Gasteiger partial charge >= 0.3 is 6.03 Å². The van der Waals surface area contributed by atoms with Crippen LogP contribution in [0.4, 0.5) is 15.5 Å². The molecule has 0 unspecified atom stereocenters. The standard InChI is InChI=1S/C29H38N6O3S/c1-29(2,3)24-18-23(26(30)36)27(39-24)33-28(37)32-22-8-5-7-20(17-22)21-9-10-25(31-19-21)38-16-6-11-35-14-12-34(4)13-15-35/h5,7-10,17-19H,6,11-16H2,1-4H3,(H2,30,36)(H2,32,33,37). The number of carbonyl (C=O) groups excluding carboxylic acids is 2. The molecule has 4 N–H and O–H groups in total. The maximum Gasteiger partial charge on any atom is 0.324 e. The monoisotopic (exact) mass is 550 g/mol. The van der Waals surface area contributed by atoms with Crippen molar-refractivity contribution in [1.82, 2.24) is 14.8 Å². The highest BCUT2D eigenvalue weighted by molar-refractivity contribution is 7.16. The number of amides is 3. The van der Waals surface area contributed by atoms with E-state index in [1.165, 1.54) is 11.3 Å². The van der Waals surface area contributed by atoms with Gasteiger partial charge in [-0.2, -0.15) is 0 Å². The van der Waals surface area contributed by atoms with Crippen LogP contribution in [0.25, 0.3) is 11.1 Å². The molecule has 1 aliphatic heterocycles. The van der Waals surface area contributed by atoms with Gasteiger partial charge in [0, 0.05) is 61.1 Å². The normalized spacial score (nSPS) is 14.7. The number of urea groups is 1. The van der Waals surface area contributed by atoms with Gasteiger partial charge in [-0.1, -0.05) is 32.9 Å². The molecule has 9 nitrogen and oxygen atoms in total. The summed E-state index contributed by atoms with van der Waals surface area (Å²) >= 11 is 1.35. The van der Waals surface area contributed by atoms with Gasteiger partial charge in [0.25, 0.3) is 5.91 Å². The van der Waals surface area contributed by atoms with Crippen LogP contribution in [0.2, 0.25) is 0 Å². The number of ether oxygens (including phenoxy) is 1. The van der Waals surface area contributed by atoms with Gasteiger partial charge in [-0.15, -0.1) is 11.3 Å². The Kier molecular flexibility index (Phi) is 9.21. The summed E-state index contributed by atoms with van der Waals surface area (Å²) in [5.74, 6) is 0.0237. The summed E-state index contributed by atoms with van der Waals surface area (Å²) in [4.78, 5) is 34.9. The summed E-state index contributed by atoms with van der Waals surface area (Å²) in [5.41, 5.74) is 8.11. The quantitative estimate of drug-likeness (QED) is 0.328. The number of likely N-dealkylation sites (N-methyl/N-ethyl adjacent to an activating group) is 1. The van der Waals surface area contributed by atoms with Gasteiger partial charge in [-0.05, 0) is 48.7 Å². The number of hydrogen-bond acceptors (Lipinski definition) is 7. The van der Waals surface area contributed by atoms with Gasteiger partial charge in [0.05, 0.1) is 12.2 Å². The van der Waals surface area contributed by atoms with Gasteiger partial charge in [0.15, 0.2) is 0 Å². The van der Waals surface area contributed by atoms with Crippen molar-refractivity contribution in [3.05, 3.63) is 59.1 Å². The number of rotatable bonds is 9. The van der Waals surface area contributed by atoms with E-state index in [0.29, 0.717) is 28.7 Å². The third-order valence-corrected chi connectivity index (χ3v) is 8.09. The van der Waals surface area contributed by atoms with Crippen molar-refractivity contribution in [1.29, 1.82) is 0 Å². The van der Waals surface area contributed by atoms with E-state index in [0.717, 1.165) is 55.1 Å². The fourth-order valence-electron chi connectivity index (χ4n) is 4.25. The predicted molar refractivity (Wildman–Crippen MR) is 158 cm³/mol. The summed E-state index contributed by atoms with van der Waals surface area (Å²) in [6.07, 6.45) is 2.74. The number of nitrogens with zero attached hydrogens (tertiary/aromatic N) is 3. The van der Waals surface area contributed by atoms with Crippen LogP contribution in [0.1, 0.15) is 42.4 Å². The van der Waals surface area contributed by atoms with E-state index in [-0.39, 0.29) is 5.41 Å². The van der Waals surface area contributed by atoms with Crippen molar-refractivity contribution >= 4 is 34.0 Å². The van der Waals surface area contributed by atoms with Crippen molar-refractivity contribution in [3.63, 3.8) is 0 Å². The zero-order valence-corrected chi connectivity index (χ0v) is 23.9. The number of piperazine rings is 1. The van der Waals surface area contributed by atoms with Crippen LogP contribution in [0.5, 0.6) is 5.88 Å². The first-order valence-corrected chi connectivity index (χ1v) is 14.0. The van der Waals surface area contributed by atoms with Crippen molar-refractivity contribution < 1.29 is 14.3 Å². The van der Waals surface area contributed by atoms with E-state index in [1.807, 2.05) is 51.1 Å². The molecule has 0 radical (unpaired) electrons. The molecule has 39 heavy (non-hydrogen) atoms. The number of aromatic nitrogens is 1. The lowest BCUT2D eigenvalue weighted by molar-refractivity contribution is 0.100. The van der Waals surface area contributed by atoms with E-state index in [4.69, 9.17) is 10.5 Å². The summed E-state index contributed by atoms with van der Waals surface area (Å²) in [6, 6.07) is 12.6. The lowest BCUT2D eigenvalue weighted by atomic mass is 9.94. The average molecular weight is 551 g/mol. The number of thiophene rings is 1. The molecule has 1 saturated heterocycles. The van der Waals surface area contributed by atoms with Crippen molar-refractivity contribution in [3.8, 4) is 17.0 Å². The number of hydrogen-bond donors (Lipinski definition) is 3. The molecule has 2 aromatic heterocycles. The van der Waals surface area contributed by atoms with Crippen LogP contribution >= 0.6 is 11.3 Å². The summed E-state index contributed by atoms with van der Waals surface area (Å²) < 4.78 is 5.85. The first kappa shape index (κ1) is 28.5. The van der Waals surface area contributed by atoms with Gasteiger partial charge in [0.1, 0.15) is 5.00 Å². The van der Waals surface area contributed by atoms with Gasteiger partial charge in [-0.25, -0.2) is 9.78 Å². The van der Waals surface area contributed by atoms with E-state index in [1.54, 1.807) is 18.3 Å². The van der Waals surface area contributed by atoms with Crippen LogP contribution in [-0.4, -0.2) is 73.1 Å². The molecule has 0 atom stereocenters. The summed E-state index contributed by atoms with van der Waals surface area (Å²) in [6.45, 7) is 12.3.